The van der Waals surface area contributed by atoms with E-state index in [4.69, 9.17) is 18.6 Å². The van der Waals surface area contributed by atoms with Crippen LogP contribution in [0.1, 0.15) is 0 Å². The maximum Gasteiger partial charge on any atom is 0.344 e. The zero-order chi connectivity index (χ0) is 21.8. The third kappa shape index (κ3) is 4.35. The van der Waals surface area contributed by atoms with Crippen LogP contribution in [0.15, 0.2) is 66.7 Å². The Labute approximate surface area is 176 Å². The number of ether oxygens (including phenoxy) is 3. The summed E-state index contributed by atoms with van der Waals surface area (Å²) in [6.45, 7) is -0.298. The van der Waals surface area contributed by atoms with Crippen LogP contribution >= 0.6 is 0 Å². The van der Waals surface area contributed by atoms with Crippen LogP contribution in [0.4, 0.5) is 0 Å². The number of amides is 1. The fraction of sp³-hybridized carbons (Fsp3) is 0.136. The van der Waals surface area contributed by atoms with Crippen molar-refractivity contribution in [3.8, 4) is 28.4 Å². The van der Waals surface area contributed by atoms with Crippen LogP contribution < -0.4 is 19.8 Å². The number of carbonyl (C=O) groups excluding carboxylic acids is 1. The molecule has 0 radical (unpaired) electrons. The zero-order valence-electron chi connectivity index (χ0n) is 16.7. The van der Waals surface area contributed by atoms with Gasteiger partial charge >= 0.3 is 5.63 Å². The van der Waals surface area contributed by atoms with Crippen molar-refractivity contribution < 1.29 is 23.4 Å². The number of benzene rings is 2. The van der Waals surface area contributed by atoms with Crippen molar-refractivity contribution in [2.24, 2.45) is 15.0 Å². The molecule has 156 valence electrons. The van der Waals surface area contributed by atoms with Crippen LogP contribution in [0.2, 0.25) is 0 Å². The molecule has 1 amide bonds. The molecule has 0 spiro atoms. The van der Waals surface area contributed by atoms with Gasteiger partial charge in [-0.1, -0.05) is 6.07 Å². The first-order valence-electron chi connectivity index (χ1n) is 9.19. The number of guanidine groups is 1. The lowest BCUT2D eigenvalue weighted by atomic mass is 10.1. The summed E-state index contributed by atoms with van der Waals surface area (Å²) in [6.07, 6.45) is 2.88. The van der Waals surface area contributed by atoms with Crippen LogP contribution in [0.3, 0.4) is 0 Å². The average Bonchev–Trinajstić information content (AvgIpc) is 3.29. The number of nitrogens with zero attached hydrogens (tertiary/aromatic N) is 3. The standard InChI is InChI=1S/C22H17N3O6/c1-28-17-6-4-13(10-19(17)29-2)16-9-14-3-5-15(11-18(14)31-21(16)27)30-12-20(26)25-22-23-7-8-24-22/h3-11H,12H2,1-2H3. The van der Waals surface area contributed by atoms with Gasteiger partial charge in [0.1, 0.15) is 11.3 Å². The summed E-state index contributed by atoms with van der Waals surface area (Å²) in [7, 11) is 3.07. The molecule has 0 saturated heterocycles. The van der Waals surface area contributed by atoms with Gasteiger partial charge in [0, 0.05) is 23.9 Å². The normalized spacial score (nSPS) is 12.3. The van der Waals surface area contributed by atoms with E-state index in [0.29, 0.717) is 39.3 Å². The van der Waals surface area contributed by atoms with E-state index in [2.05, 4.69) is 15.0 Å². The Morgan fingerprint density at radius 2 is 1.77 bits per heavy atom. The molecule has 0 N–H and O–H groups in total. The zero-order valence-corrected chi connectivity index (χ0v) is 16.7. The predicted octanol–water partition coefficient (Wildman–Crippen LogP) is 2.89. The van der Waals surface area contributed by atoms with Gasteiger partial charge < -0.3 is 18.6 Å². The molecule has 3 aromatic rings. The largest absolute Gasteiger partial charge is 0.493 e. The van der Waals surface area contributed by atoms with Crippen LogP contribution in [-0.4, -0.2) is 45.1 Å². The Bertz CT molecular complexity index is 1290. The number of fused-ring (bicyclic) bond motifs is 1. The molecule has 0 atom stereocenters. The number of hydrogen-bond acceptors (Lipinski definition) is 6. The van der Waals surface area contributed by atoms with E-state index in [-0.39, 0.29) is 12.6 Å². The molecule has 1 aromatic heterocycles. The molecular weight excluding hydrogens is 402 g/mol. The molecule has 0 bridgehead atoms. The SMILES string of the molecule is COc1ccc(-c2cc3ccc(OCC(=O)N=C4N=CC=N4)cc3oc2=O)cc1OC. The minimum atomic E-state index is -0.531. The Kier molecular flexibility index (Phi) is 5.57. The molecular formula is C22H17N3O6. The second kappa shape index (κ2) is 8.62. The highest BCUT2D eigenvalue weighted by Gasteiger charge is 2.13. The fourth-order valence-corrected chi connectivity index (χ4v) is 2.97. The first-order valence-corrected chi connectivity index (χ1v) is 9.19. The maximum atomic E-state index is 12.6. The maximum absolute atomic E-state index is 12.6. The Balaban J connectivity index is 1.57. The summed E-state index contributed by atoms with van der Waals surface area (Å²) in [5.41, 5.74) is 0.827. The smallest absolute Gasteiger partial charge is 0.344 e. The van der Waals surface area contributed by atoms with Crippen molar-refractivity contribution in [2.75, 3.05) is 20.8 Å². The van der Waals surface area contributed by atoms with Gasteiger partial charge in [-0.2, -0.15) is 4.99 Å². The lowest BCUT2D eigenvalue weighted by Gasteiger charge is -2.10. The number of hydrogen-bond donors (Lipinski definition) is 0. The van der Waals surface area contributed by atoms with Gasteiger partial charge in [0.05, 0.1) is 19.8 Å². The summed E-state index contributed by atoms with van der Waals surface area (Å²) < 4.78 is 21.5. The molecule has 0 aliphatic carbocycles. The van der Waals surface area contributed by atoms with Crippen LogP contribution in [0.25, 0.3) is 22.1 Å². The molecule has 0 saturated carbocycles. The quantitative estimate of drug-likeness (QED) is 0.568. The molecule has 4 rings (SSSR count). The summed E-state index contributed by atoms with van der Waals surface area (Å²) in [5.74, 6) is 0.980. The van der Waals surface area contributed by atoms with Crippen molar-refractivity contribution in [1.29, 1.82) is 0 Å². The average molecular weight is 419 g/mol. The summed E-state index contributed by atoms with van der Waals surface area (Å²) in [6, 6.07) is 11.9. The molecule has 9 heteroatoms. The highest BCUT2D eigenvalue weighted by molar-refractivity contribution is 6.26. The van der Waals surface area contributed by atoms with E-state index in [0.717, 1.165) is 0 Å². The summed E-state index contributed by atoms with van der Waals surface area (Å²) in [4.78, 5) is 35.7. The van der Waals surface area contributed by atoms with Crippen molar-refractivity contribution in [1.82, 2.24) is 0 Å². The fourth-order valence-electron chi connectivity index (χ4n) is 2.97. The van der Waals surface area contributed by atoms with E-state index < -0.39 is 11.5 Å². The minimum absolute atomic E-state index is 0.0841. The summed E-state index contributed by atoms with van der Waals surface area (Å²) >= 11 is 0. The topological polar surface area (TPSA) is 112 Å². The number of carbonyl (C=O) groups is 1. The van der Waals surface area contributed by atoms with E-state index in [1.807, 2.05) is 0 Å². The van der Waals surface area contributed by atoms with Crippen molar-refractivity contribution in [3.05, 3.63) is 52.9 Å². The lowest BCUT2D eigenvalue weighted by molar-refractivity contribution is -0.119. The molecule has 2 aromatic carbocycles. The Hall–Kier alpha value is -4.27. The molecule has 2 heterocycles. The first kappa shape index (κ1) is 20.0. The second-order valence-corrected chi connectivity index (χ2v) is 6.37. The Morgan fingerprint density at radius 3 is 2.52 bits per heavy atom. The highest BCUT2D eigenvalue weighted by Crippen LogP contribution is 2.32. The van der Waals surface area contributed by atoms with Crippen LogP contribution in [0, 0.1) is 0 Å². The van der Waals surface area contributed by atoms with Gasteiger partial charge in [-0.3, -0.25) is 4.79 Å². The van der Waals surface area contributed by atoms with Crippen LogP contribution in [0.5, 0.6) is 17.2 Å². The third-order valence-corrected chi connectivity index (χ3v) is 4.44. The molecule has 0 fully saturated rings. The van der Waals surface area contributed by atoms with Crippen molar-refractivity contribution in [3.63, 3.8) is 0 Å². The van der Waals surface area contributed by atoms with Crippen molar-refractivity contribution >= 4 is 35.3 Å². The Morgan fingerprint density at radius 1 is 1.00 bits per heavy atom. The van der Waals surface area contributed by atoms with Gasteiger partial charge in [-0.05, 0) is 35.9 Å². The number of rotatable bonds is 6. The van der Waals surface area contributed by atoms with E-state index in [1.54, 1.807) is 49.6 Å². The highest BCUT2D eigenvalue weighted by atomic mass is 16.5. The molecule has 31 heavy (non-hydrogen) atoms. The van der Waals surface area contributed by atoms with E-state index in [1.165, 1.54) is 19.5 Å². The first-order chi connectivity index (χ1) is 15.1. The number of aliphatic imine (C=N–C) groups is 3. The molecule has 1 aliphatic heterocycles. The minimum Gasteiger partial charge on any atom is -0.493 e. The van der Waals surface area contributed by atoms with Gasteiger partial charge in [-0.15, -0.1) is 0 Å². The predicted molar refractivity (Wildman–Crippen MR) is 116 cm³/mol. The molecule has 9 nitrogen and oxygen atoms in total. The number of methoxy groups -OCH3 is 2. The van der Waals surface area contributed by atoms with E-state index in [9.17, 15) is 9.59 Å². The third-order valence-electron chi connectivity index (χ3n) is 4.44. The van der Waals surface area contributed by atoms with E-state index >= 15 is 0 Å². The van der Waals surface area contributed by atoms with Gasteiger partial charge in [0.15, 0.2) is 18.1 Å². The van der Waals surface area contributed by atoms with Gasteiger partial charge in [0.25, 0.3) is 11.9 Å². The summed E-state index contributed by atoms with van der Waals surface area (Å²) in [5, 5.41) is 0.693. The monoisotopic (exact) mass is 419 g/mol. The van der Waals surface area contributed by atoms with Crippen LogP contribution in [-0.2, 0) is 4.79 Å². The van der Waals surface area contributed by atoms with Crippen molar-refractivity contribution in [2.45, 2.75) is 0 Å². The van der Waals surface area contributed by atoms with Gasteiger partial charge in [-0.25, -0.2) is 14.8 Å². The molecule has 0 unspecified atom stereocenters. The van der Waals surface area contributed by atoms with Gasteiger partial charge in [0.2, 0.25) is 0 Å². The lowest BCUT2D eigenvalue weighted by Crippen LogP contribution is -2.10. The molecule has 1 aliphatic rings. The second-order valence-electron chi connectivity index (χ2n) is 6.37.